The van der Waals surface area contributed by atoms with Gasteiger partial charge in [0.1, 0.15) is 0 Å². The first-order valence-corrected chi connectivity index (χ1v) is 8.90. The van der Waals surface area contributed by atoms with E-state index in [1.807, 2.05) is 0 Å². The van der Waals surface area contributed by atoms with Crippen molar-refractivity contribution in [1.82, 2.24) is 9.03 Å². The third kappa shape index (κ3) is 4.15. The number of hydrogen-bond acceptors (Lipinski definition) is 3. The summed E-state index contributed by atoms with van der Waals surface area (Å²) in [7, 11) is -3.28. The smallest absolute Gasteiger partial charge is 0.279 e. The summed E-state index contributed by atoms with van der Waals surface area (Å²) in [5.74, 6) is 1.75. The Hall–Kier alpha value is -0.170. The molecule has 2 unspecified atom stereocenters. The van der Waals surface area contributed by atoms with Gasteiger partial charge < -0.3 is 5.73 Å². The molecule has 1 saturated heterocycles. The van der Waals surface area contributed by atoms with Crippen LogP contribution in [-0.4, -0.2) is 38.9 Å². The number of hydrogen-bond donors (Lipinski definition) is 2. The van der Waals surface area contributed by atoms with Gasteiger partial charge in [-0.3, -0.25) is 0 Å². The fraction of sp³-hybridized carbons (Fsp3) is 1.00. The molecule has 3 N–H and O–H groups in total. The summed E-state index contributed by atoms with van der Waals surface area (Å²) in [4.78, 5) is 0. The third-order valence-electron chi connectivity index (χ3n) is 4.60. The molecule has 2 rings (SSSR count). The average Bonchev–Trinajstić information content (AvgIpc) is 2.82. The zero-order chi connectivity index (χ0) is 13.9. The molecule has 2 fully saturated rings. The molecular formula is C13H27N3O2S. The van der Waals surface area contributed by atoms with Crippen LogP contribution in [0.4, 0.5) is 0 Å². The van der Waals surface area contributed by atoms with Crippen LogP contribution in [-0.2, 0) is 10.2 Å². The molecule has 5 nitrogen and oxygen atoms in total. The molecule has 2 atom stereocenters. The molecule has 112 valence electrons. The second-order valence-corrected chi connectivity index (χ2v) is 7.97. The molecule has 0 aromatic heterocycles. The Morgan fingerprint density at radius 2 is 1.84 bits per heavy atom. The van der Waals surface area contributed by atoms with Crippen molar-refractivity contribution in [3.8, 4) is 0 Å². The summed E-state index contributed by atoms with van der Waals surface area (Å²) < 4.78 is 28.8. The molecule has 0 radical (unpaired) electrons. The van der Waals surface area contributed by atoms with Crippen molar-refractivity contribution in [3.63, 3.8) is 0 Å². The molecule has 0 spiro atoms. The maximum atomic E-state index is 12.2. The zero-order valence-corrected chi connectivity index (χ0v) is 12.7. The summed E-state index contributed by atoms with van der Waals surface area (Å²) in [6, 6.07) is 0. The van der Waals surface area contributed by atoms with Crippen LogP contribution in [0.15, 0.2) is 0 Å². The highest BCUT2D eigenvalue weighted by Crippen LogP contribution is 2.29. The molecule has 1 aliphatic carbocycles. The predicted molar refractivity (Wildman–Crippen MR) is 76.8 cm³/mol. The van der Waals surface area contributed by atoms with Crippen LogP contribution in [0.25, 0.3) is 0 Å². The quantitative estimate of drug-likeness (QED) is 0.790. The fourth-order valence-corrected chi connectivity index (χ4v) is 4.53. The topological polar surface area (TPSA) is 75.4 Å². The van der Waals surface area contributed by atoms with E-state index in [2.05, 4.69) is 11.6 Å². The molecule has 0 amide bonds. The molecule has 1 saturated carbocycles. The normalized spacial score (nSPS) is 30.8. The van der Waals surface area contributed by atoms with Crippen LogP contribution in [0.2, 0.25) is 0 Å². The molecular weight excluding hydrogens is 262 g/mol. The Labute approximate surface area is 117 Å². The SMILES string of the molecule is CC1CCC(CNS(=O)(=O)N2CCC(CN)CC2)C1. The largest absolute Gasteiger partial charge is 0.330 e. The highest BCUT2D eigenvalue weighted by atomic mass is 32.2. The van der Waals surface area contributed by atoms with Crippen LogP contribution in [0.1, 0.15) is 39.0 Å². The lowest BCUT2D eigenvalue weighted by Crippen LogP contribution is -2.46. The number of rotatable bonds is 5. The standard InChI is InChI=1S/C13H27N3O2S/c1-11-2-3-13(8-11)10-15-19(17,18)16-6-4-12(9-14)5-7-16/h11-13,15H,2-10,14H2,1H3. The van der Waals surface area contributed by atoms with E-state index in [9.17, 15) is 8.42 Å². The summed E-state index contributed by atoms with van der Waals surface area (Å²) in [6.07, 6.45) is 5.31. The van der Waals surface area contributed by atoms with Crippen LogP contribution < -0.4 is 10.5 Å². The van der Waals surface area contributed by atoms with Crippen LogP contribution in [0.5, 0.6) is 0 Å². The van der Waals surface area contributed by atoms with Crippen molar-refractivity contribution >= 4 is 10.2 Å². The van der Waals surface area contributed by atoms with Crippen molar-refractivity contribution in [2.45, 2.75) is 39.0 Å². The first-order chi connectivity index (χ1) is 9.01. The highest BCUT2D eigenvalue weighted by molar-refractivity contribution is 7.87. The highest BCUT2D eigenvalue weighted by Gasteiger charge is 2.29. The van der Waals surface area contributed by atoms with Gasteiger partial charge in [0.15, 0.2) is 0 Å². The predicted octanol–water partition coefficient (Wildman–Crippen LogP) is 0.928. The lowest BCUT2D eigenvalue weighted by molar-refractivity contribution is 0.275. The lowest BCUT2D eigenvalue weighted by atomic mass is 9.99. The summed E-state index contributed by atoms with van der Waals surface area (Å²) in [6.45, 7) is 4.73. The zero-order valence-electron chi connectivity index (χ0n) is 11.8. The maximum absolute atomic E-state index is 12.2. The summed E-state index contributed by atoms with van der Waals surface area (Å²) in [5.41, 5.74) is 5.63. The van der Waals surface area contributed by atoms with Gasteiger partial charge in [0.05, 0.1) is 0 Å². The Balaban J connectivity index is 1.78. The van der Waals surface area contributed by atoms with Gasteiger partial charge in [-0.05, 0) is 50.0 Å². The monoisotopic (exact) mass is 289 g/mol. The van der Waals surface area contributed by atoms with Crippen LogP contribution in [0.3, 0.4) is 0 Å². The minimum atomic E-state index is -3.28. The number of nitrogens with two attached hydrogens (primary N) is 1. The van der Waals surface area contributed by atoms with Crippen LogP contribution >= 0.6 is 0 Å². The lowest BCUT2D eigenvalue weighted by Gasteiger charge is -2.30. The second kappa shape index (κ2) is 6.52. The number of nitrogens with zero attached hydrogens (tertiary/aromatic N) is 1. The van der Waals surface area contributed by atoms with Gasteiger partial charge in [0.25, 0.3) is 10.2 Å². The van der Waals surface area contributed by atoms with E-state index in [4.69, 9.17) is 5.73 Å². The number of nitrogens with one attached hydrogen (secondary N) is 1. The van der Waals surface area contributed by atoms with E-state index in [0.29, 0.717) is 38.0 Å². The van der Waals surface area contributed by atoms with Gasteiger partial charge in [0, 0.05) is 19.6 Å². The van der Waals surface area contributed by atoms with Crippen molar-refractivity contribution < 1.29 is 8.42 Å². The van der Waals surface area contributed by atoms with E-state index in [-0.39, 0.29) is 0 Å². The van der Waals surface area contributed by atoms with Crippen molar-refractivity contribution in [1.29, 1.82) is 0 Å². The maximum Gasteiger partial charge on any atom is 0.279 e. The summed E-state index contributed by atoms with van der Waals surface area (Å²) in [5, 5.41) is 0. The molecule has 6 heteroatoms. The minimum absolute atomic E-state index is 0.488. The van der Waals surface area contributed by atoms with E-state index >= 15 is 0 Å². The van der Waals surface area contributed by atoms with Gasteiger partial charge >= 0.3 is 0 Å². The Morgan fingerprint density at radius 3 is 2.37 bits per heavy atom. The molecule has 19 heavy (non-hydrogen) atoms. The van der Waals surface area contributed by atoms with Crippen LogP contribution in [0, 0.1) is 17.8 Å². The Kier molecular flexibility index (Phi) is 5.22. The Bertz CT molecular complexity index is 377. The fourth-order valence-electron chi connectivity index (χ4n) is 3.21. The van der Waals surface area contributed by atoms with E-state index in [0.717, 1.165) is 31.6 Å². The molecule has 0 aromatic rings. The van der Waals surface area contributed by atoms with Gasteiger partial charge in [-0.15, -0.1) is 0 Å². The average molecular weight is 289 g/mol. The van der Waals surface area contributed by atoms with Gasteiger partial charge in [-0.25, -0.2) is 4.72 Å². The molecule has 1 aliphatic heterocycles. The molecule has 1 heterocycles. The number of piperidine rings is 1. The second-order valence-electron chi connectivity index (χ2n) is 6.22. The third-order valence-corrected chi connectivity index (χ3v) is 6.18. The Morgan fingerprint density at radius 1 is 1.16 bits per heavy atom. The van der Waals surface area contributed by atoms with Gasteiger partial charge in [0.2, 0.25) is 0 Å². The summed E-state index contributed by atoms with van der Waals surface area (Å²) >= 11 is 0. The van der Waals surface area contributed by atoms with Gasteiger partial charge in [-0.2, -0.15) is 12.7 Å². The minimum Gasteiger partial charge on any atom is -0.330 e. The molecule has 0 bridgehead atoms. The van der Waals surface area contributed by atoms with Crippen molar-refractivity contribution in [3.05, 3.63) is 0 Å². The molecule has 2 aliphatic rings. The van der Waals surface area contributed by atoms with Crippen molar-refractivity contribution in [2.24, 2.45) is 23.5 Å². The van der Waals surface area contributed by atoms with E-state index in [1.54, 1.807) is 4.31 Å². The van der Waals surface area contributed by atoms with Crippen molar-refractivity contribution in [2.75, 3.05) is 26.2 Å². The van der Waals surface area contributed by atoms with E-state index < -0.39 is 10.2 Å². The molecule has 0 aromatic carbocycles. The first-order valence-electron chi connectivity index (χ1n) is 7.46. The first kappa shape index (κ1) is 15.2. The van der Waals surface area contributed by atoms with Gasteiger partial charge in [-0.1, -0.05) is 13.3 Å². The van der Waals surface area contributed by atoms with E-state index in [1.165, 1.54) is 6.42 Å².